The third kappa shape index (κ3) is 3.82. The van der Waals surface area contributed by atoms with Crippen molar-refractivity contribution in [3.8, 4) is 6.07 Å². The fourth-order valence-corrected chi connectivity index (χ4v) is 2.34. The third-order valence-electron chi connectivity index (χ3n) is 3.31. The summed E-state index contributed by atoms with van der Waals surface area (Å²) in [5.74, 6) is 0.687. The van der Waals surface area contributed by atoms with E-state index < -0.39 is 0 Å². The number of aromatic nitrogens is 1. The van der Waals surface area contributed by atoms with Crippen LogP contribution in [0.4, 0.5) is 5.82 Å². The highest BCUT2D eigenvalue weighted by atomic mass is 16.5. The predicted octanol–water partition coefficient (Wildman–Crippen LogP) is 2.84. The van der Waals surface area contributed by atoms with E-state index in [9.17, 15) is 5.26 Å². The maximum atomic E-state index is 9.22. The molecule has 20 heavy (non-hydrogen) atoms. The van der Waals surface area contributed by atoms with E-state index in [1.807, 2.05) is 13.0 Å². The van der Waals surface area contributed by atoms with Crippen molar-refractivity contribution in [3.63, 3.8) is 0 Å². The van der Waals surface area contributed by atoms with E-state index in [4.69, 9.17) is 4.74 Å². The summed E-state index contributed by atoms with van der Waals surface area (Å²) in [6.07, 6.45) is 4.44. The topological polar surface area (TPSA) is 57.9 Å². The maximum Gasteiger partial charge on any atom is 0.144 e. The van der Waals surface area contributed by atoms with Crippen molar-refractivity contribution < 1.29 is 4.74 Å². The minimum atomic E-state index is 0.574. The van der Waals surface area contributed by atoms with Crippen LogP contribution in [0.5, 0.6) is 0 Å². The Bertz CT molecular complexity index is 531. The van der Waals surface area contributed by atoms with Crippen LogP contribution in [0.15, 0.2) is 18.2 Å². The zero-order valence-corrected chi connectivity index (χ0v) is 12.0. The molecule has 1 heterocycles. The molecule has 0 aromatic carbocycles. The van der Waals surface area contributed by atoms with Gasteiger partial charge in [-0.3, -0.25) is 0 Å². The zero-order chi connectivity index (χ0) is 14.4. The second kappa shape index (κ2) is 7.06. The number of nitriles is 1. The third-order valence-corrected chi connectivity index (χ3v) is 3.31. The fraction of sp³-hybridized carbons (Fsp3) is 0.500. The molecule has 1 aromatic rings. The fourth-order valence-electron chi connectivity index (χ4n) is 2.34. The van der Waals surface area contributed by atoms with Crippen molar-refractivity contribution in [2.24, 2.45) is 0 Å². The average Bonchev–Trinajstić information content (AvgIpc) is 2.45. The van der Waals surface area contributed by atoms with E-state index in [1.54, 1.807) is 0 Å². The van der Waals surface area contributed by atoms with Crippen LogP contribution >= 0.6 is 0 Å². The molecule has 0 bridgehead atoms. The Morgan fingerprint density at radius 1 is 1.50 bits per heavy atom. The molecule has 1 aliphatic carbocycles. The molecule has 106 valence electrons. The van der Waals surface area contributed by atoms with Gasteiger partial charge in [0.05, 0.1) is 18.8 Å². The van der Waals surface area contributed by atoms with Gasteiger partial charge < -0.3 is 10.1 Å². The van der Waals surface area contributed by atoms with Crippen molar-refractivity contribution in [2.45, 2.75) is 32.6 Å². The van der Waals surface area contributed by atoms with Gasteiger partial charge in [-0.25, -0.2) is 4.98 Å². The molecule has 2 rings (SSSR count). The molecule has 4 nitrogen and oxygen atoms in total. The number of ether oxygens (including phenoxy) is 1. The van der Waals surface area contributed by atoms with Crippen molar-refractivity contribution in [2.75, 3.05) is 25.1 Å². The van der Waals surface area contributed by atoms with Crippen LogP contribution in [0, 0.1) is 11.3 Å². The van der Waals surface area contributed by atoms with Crippen molar-refractivity contribution in [1.82, 2.24) is 4.98 Å². The van der Waals surface area contributed by atoms with Gasteiger partial charge in [0, 0.05) is 12.2 Å². The summed E-state index contributed by atoms with van der Waals surface area (Å²) >= 11 is 0. The van der Waals surface area contributed by atoms with Gasteiger partial charge in [-0.05, 0) is 44.2 Å². The lowest BCUT2D eigenvalue weighted by molar-refractivity contribution is 0.167. The van der Waals surface area contributed by atoms with Gasteiger partial charge >= 0.3 is 0 Å². The first-order valence-electron chi connectivity index (χ1n) is 7.09. The largest absolute Gasteiger partial charge is 0.375 e. The maximum absolute atomic E-state index is 9.22. The smallest absolute Gasteiger partial charge is 0.144 e. The minimum Gasteiger partial charge on any atom is -0.375 e. The van der Waals surface area contributed by atoms with E-state index in [1.165, 1.54) is 18.4 Å². The number of rotatable bonds is 6. The van der Waals surface area contributed by atoms with Crippen LogP contribution in [-0.4, -0.2) is 24.7 Å². The number of aryl methyl sites for hydroxylation is 2. The van der Waals surface area contributed by atoms with Crippen molar-refractivity contribution >= 4 is 5.82 Å². The molecular weight excluding hydrogens is 250 g/mol. The summed E-state index contributed by atoms with van der Waals surface area (Å²) in [6, 6.07) is 4.21. The first-order chi connectivity index (χ1) is 9.70. The Balaban J connectivity index is 1.96. The number of nitrogens with zero attached hydrogens (tertiary/aromatic N) is 2. The molecule has 0 unspecified atom stereocenters. The van der Waals surface area contributed by atoms with Gasteiger partial charge in [-0.2, -0.15) is 5.26 Å². The second-order valence-corrected chi connectivity index (χ2v) is 5.25. The van der Waals surface area contributed by atoms with E-state index in [2.05, 4.69) is 22.9 Å². The van der Waals surface area contributed by atoms with E-state index in [-0.39, 0.29) is 0 Å². The lowest BCUT2D eigenvalue weighted by atomic mass is 9.95. The standard InChI is InChI=1S/C16H21N3O/c1-12(2)11-20-8-7-18-16-14(10-17)9-13-5-3-4-6-15(13)19-16/h9H,1,3-8,11H2,2H3,(H,18,19). The predicted molar refractivity (Wildman–Crippen MR) is 79.7 cm³/mol. The van der Waals surface area contributed by atoms with Gasteiger partial charge in [-0.1, -0.05) is 12.2 Å². The highest BCUT2D eigenvalue weighted by molar-refractivity contribution is 5.54. The average molecular weight is 271 g/mol. The Labute approximate surface area is 120 Å². The summed E-state index contributed by atoms with van der Waals surface area (Å²) in [5, 5.41) is 12.4. The molecule has 4 heteroatoms. The molecule has 0 saturated heterocycles. The number of hydrogen-bond acceptors (Lipinski definition) is 4. The lowest BCUT2D eigenvalue weighted by Gasteiger charge is -2.17. The van der Waals surface area contributed by atoms with Crippen molar-refractivity contribution in [3.05, 3.63) is 35.0 Å². The molecular formula is C16H21N3O. The van der Waals surface area contributed by atoms with Gasteiger partial charge in [0.15, 0.2) is 0 Å². The number of nitrogens with one attached hydrogen (secondary N) is 1. The molecule has 0 amide bonds. The summed E-state index contributed by atoms with van der Waals surface area (Å²) in [7, 11) is 0. The number of pyridine rings is 1. The van der Waals surface area contributed by atoms with Crippen molar-refractivity contribution in [1.29, 1.82) is 5.26 Å². The van der Waals surface area contributed by atoms with Crippen LogP contribution in [0.2, 0.25) is 0 Å². The van der Waals surface area contributed by atoms with Crippen LogP contribution in [-0.2, 0) is 17.6 Å². The molecule has 0 atom stereocenters. The molecule has 0 spiro atoms. The highest BCUT2D eigenvalue weighted by Gasteiger charge is 2.14. The Morgan fingerprint density at radius 3 is 3.05 bits per heavy atom. The highest BCUT2D eigenvalue weighted by Crippen LogP contribution is 2.24. The number of anilines is 1. The lowest BCUT2D eigenvalue weighted by Crippen LogP contribution is -2.14. The number of fused-ring (bicyclic) bond motifs is 1. The van der Waals surface area contributed by atoms with Gasteiger partial charge in [0.25, 0.3) is 0 Å². The molecule has 1 N–H and O–H groups in total. The number of hydrogen-bond donors (Lipinski definition) is 1. The van der Waals surface area contributed by atoms with Crippen LogP contribution < -0.4 is 5.32 Å². The Hall–Kier alpha value is -1.86. The SMILES string of the molecule is C=C(C)COCCNc1nc2c(cc1C#N)CCCC2. The Kier molecular flexibility index (Phi) is 5.14. The molecule has 0 radical (unpaired) electrons. The first kappa shape index (κ1) is 14.5. The Morgan fingerprint density at radius 2 is 2.30 bits per heavy atom. The first-order valence-corrected chi connectivity index (χ1v) is 7.09. The summed E-state index contributed by atoms with van der Waals surface area (Å²) in [4.78, 5) is 4.61. The summed E-state index contributed by atoms with van der Waals surface area (Å²) in [5.41, 5.74) is 4.01. The van der Waals surface area contributed by atoms with Gasteiger partial charge in [0.2, 0.25) is 0 Å². The summed E-state index contributed by atoms with van der Waals surface area (Å²) < 4.78 is 5.43. The summed E-state index contributed by atoms with van der Waals surface area (Å²) in [6.45, 7) is 7.52. The molecule has 0 aliphatic heterocycles. The zero-order valence-electron chi connectivity index (χ0n) is 12.0. The minimum absolute atomic E-state index is 0.574. The van der Waals surface area contributed by atoms with Crippen LogP contribution in [0.3, 0.4) is 0 Å². The van der Waals surface area contributed by atoms with Gasteiger partial charge in [0.1, 0.15) is 11.9 Å². The van der Waals surface area contributed by atoms with Crippen LogP contribution in [0.25, 0.3) is 0 Å². The normalized spacial score (nSPS) is 13.4. The van der Waals surface area contributed by atoms with E-state index in [0.717, 1.165) is 24.1 Å². The van der Waals surface area contributed by atoms with Crippen LogP contribution in [0.1, 0.15) is 36.6 Å². The molecule has 0 saturated carbocycles. The second-order valence-electron chi connectivity index (χ2n) is 5.25. The monoisotopic (exact) mass is 271 g/mol. The van der Waals surface area contributed by atoms with Gasteiger partial charge in [-0.15, -0.1) is 0 Å². The molecule has 1 aliphatic rings. The molecule has 1 aromatic heterocycles. The van der Waals surface area contributed by atoms with E-state index >= 15 is 0 Å². The molecule has 0 fully saturated rings. The quantitative estimate of drug-likeness (QED) is 0.638. The van der Waals surface area contributed by atoms with E-state index in [0.29, 0.717) is 31.1 Å².